The lowest BCUT2D eigenvalue weighted by Crippen LogP contribution is -2.46. The van der Waals surface area contributed by atoms with Gasteiger partial charge in [-0.2, -0.15) is 5.26 Å². The third-order valence-electron chi connectivity index (χ3n) is 4.16. The number of hydrogen-bond acceptors (Lipinski definition) is 6. The van der Waals surface area contributed by atoms with Gasteiger partial charge in [0.1, 0.15) is 11.9 Å². The molecule has 6 heteroatoms. The number of nitrogens with zero attached hydrogens (tertiary/aromatic N) is 5. The molecule has 0 spiro atoms. The van der Waals surface area contributed by atoms with Gasteiger partial charge >= 0.3 is 0 Å². The monoisotopic (exact) mass is 273 g/mol. The zero-order valence-electron chi connectivity index (χ0n) is 11.7. The molecule has 0 amide bonds. The molecule has 0 aromatic carbocycles. The van der Waals surface area contributed by atoms with E-state index in [1.807, 2.05) is 6.07 Å². The number of morpholine rings is 1. The van der Waals surface area contributed by atoms with Crippen LogP contribution in [-0.4, -0.2) is 60.3 Å². The van der Waals surface area contributed by atoms with E-state index in [1.54, 1.807) is 12.4 Å². The summed E-state index contributed by atoms with van der Waals surface area (Å²) in [6.07, 6.45) is 3.25. The average molecular weight is 273 g/mol. The third-order valence-corrected chi connectivity index (χ3v) is 4.16. The average Bonchev–Trinajstić information content (AvgIpc) is 2.90. The quantitative estimate of drug-likeness (QED) is 0.782. The van der Waals surface area contributed by atoms with Crippen LogP contribution in [0.5, 0.6) is 0 Å². The number of anilines is 1. The predicted octanol–water partition coefficient (Wildman–Crippen LogP) is 0.505. The number of hydrogen-bond donors (Lipinski definition) is 0. The summed E-state index contributed by atoms with van der Waals surface area (Å²) in [6.45, 7) is 7.95. The van der Waals surface area contributed by atoms with Gasteiger partial charge in [-0.3, -0.25) is 4.90 Å². The van der Waals surface area contributed by atoms with Crippen LogP contribution < -0.4 is 4.90 Å². The minimum absolute atomic E-state index is 0.366. The number of aromatic nitrogens is 2. The Labute approximate surface area is 119 Å². The van der Waals surface area contributed by atoms with Gasteiger partial charge in [0.05, 0.1) is 25.6 Å². The molecule has 0 aliphatic carbocycles. The Morgan fingerprint density at radius 1 is 1.25 bits per heavy atom. The second-order valence-corrected chi connectivity index (χ2v) is 5.47. The van der Waals surface area contributed by atoms with Crippen LogP contribution in [0.1, 0.15) is 12.6 Å². The van der Waals surface area contributed by atoms with Gasteiger partial charge in [-0.05, 0) is 5.92 Å². The van der Waals surface area contributed by atoms with Crippen LogP contribution in [0.25, 0.3) is 0 Å². The molecule has 2 atom stereocenters. The summed E-state index contributed by atoms with van der Waals surface area (Å²) in [6, 6.07) is 2.55. The van der Waals surface area contributed by atoms with E-state index in [0.29, 0.717) is 17.7 Å². The molecule has 2 aliphatic heterocycles. The molecule has 2 fully saturated rings. The van der Waals surface area contributed by atoms with Crippen molar-refractivity contribution in [2.24, 2.45) is 5.92 Å². The first-order valence-corrected chi connectivity index (χ1v) is 7.07. The highest BCUT2D eigenvalue weighted by Crippen LogP contribution is 2.25. The van der Waals surface area contributed by atoms with Crippen LogP contribution >= 0.6 is 0 Å². The fourth-order valence-electron chi connectivity index (χ4n) is 3.06. The van der Waals surface area contributed by atoms with Crippen molar-refractivity contribution in [3.05, 3.63) is 18.1 Å². The van der Waals surface area contributed by atoms with Crippen LogP contribution in [-0.2, 0) is 4.74 Å². The van der Waals surface area contributed by atoms with Crippen molar-refractivity contribution in [2.75, 3.05) is 44.3 Å². The van der Waals surface area contributed by atoms with E-state index in [4.69, 9.17) is 10.00 Å². The minimum atomic E-state index is 0.366. The first kappa shape index (κ1) is 13.3. The van der Waals surface area contributed by atoms with Crippen molar-refractivity contribution in [1.82, 2.24) is 14.9 Å². The molecule has 0 saturated carbocycles. The molecule has 2 saturated heterocycles. The highest BCUT2D eigenvalue weighted by Gasteiger charge is 2.35. The maximum atomic E-state index is 8.76. The number of nitriles is 1. The van der Waals surface area contributed by atoms with E-state index in [-0.39, 0.29) is 0 Å². The van der Waals surface area contributed by atoms with Crippen LogP contribution in [0.2, 0.25) is 0 Å². The zero-order chi connectivity index (χ0) is 13.9. The van der Waals surface area contributed by atoms with E-state index >= 15 is 0 Å². The minimum Gasteiger partial charge on any atom is -0.379 e. The Morgan fingerprint density at radius 3 is 2.70 bits per heavy atom. The second-order valence-electron chi connectivity index (χ2n) is 5.47. The molecule has 20 heavy (non-hydrogen) atoms. The summed E-state index contributed by atoms with van der Waals surface area (Å²) in [4.78, 5) is 13.2. The fraction of sp³-hybridized carbons (Fsp3) is 0.643. The van der Waals surface area contributed by atoms with E-state index < -0.39 is 0 Å². The van der Waals surface area contributed by atoms with E-state index in [9.17, 15) is 0 Å². The summed E-state index contributed by atoms with van der Waals surface area (Å²) >= 11 is 0. The lowest BCUT2D eigenvalue weighted by molar-refractivity contribution is 0.0134. The number of ether oxygens (including phenoxy) is 1. The fourth-order valence-corrected chi connectivity index (χ4v) is 3.06. The predicted molar refractivity (Wildman–Crippen MR) is 74.3 cm³/mol. The molecule has 6 nitrogen and oxygen atoms in total. The van der Waals surface area contributed by atoms with E-state index in [2.05, 4.69) is 26.7 Å². The highest BCUT2D eigenvalue weighted by molar-refractivity contribution is 5.39. The first-order chi connectivity index (χ1) is 9.78. The van der Waals surface area contributed by atoms with Crippen molar-refractivity contribution in [3.63, 3.8) is 0 Å². The van der Waals surface area contributed by atoms with Crippen LogP contribution in [0.3, 0.4) is 0 Å². The molecule has 0 bridgehead atoms. The van der Waals surface area contributed by atoms with Gasteiger partial charge < -0.3 is 9.64 Å². The van der Waals surface area contributed by atoms with Crippen molar-refractivity contribution in [1.29, 1.82) is 5.26 Å². The molecular weight excluding hydrogens is 254 g/mol. The summed E-state index contributed by atoms with van der Waals surface area (Å²) < 4.78 is 5.42. The molecule has 0 radical (unpaired) electrons. The molecule has 3 rings (SSSR count). The van der Waals surface area contributed by atoms with Gasteiger partial charge in [0.2, 0.25) is 0 Å². The van der Waals surface area contributed by atoms with Crippen molar-refractivity contribution in [3.8, 4) is 6.07 Å². The molecule has 1 aromatic rings. The maximum Gasteiger partial charge on any atom is 0.158 e. The Morgan fingerprint density at radius 2 is 2.05 bits per heavy atom. The van der Waals surface area contributed by atoms with Crippen molar-refractivity contribution < 1.29 is 4.74 Å². The summed E-state index contributed by atoms with van der Waals surface area (Å²) in [5, 5.41) is 8.76. The normalized spacial score (nSPS) is 27.5. The van der Waals surface area contributed by atoms with Crippen LogP contribution in [0.15, 0.2) is 12.4 Å². The topological polar surface area (TPSA) is 65.3 Å². The van der Waals surface area contributed by atoms with Gasteiger partial charge in [-0.25, -0.2) is 9.97 Å². The molecular formula is C14H19N5O. The zero-order valence-corrected chi connectivity index (χ0v) is 11.7. The van der Waals surface area contributed by atoms with Gasteiger partial charge in [-0.1, -0.05) is 6.92 Å². The Kier molecular flexibility index (Phi) is 3.81. The molecule has 106 valence electrons. The SMILES string of the molecule is CC1CN(c2cnc(C#N)cn2)CC1N1CCOCC1. The van der Waals surface area contributed by atoms with Gasteiger partial charge in [-0.15, -0.1) is 0 Å². The summed E-state index contributed by atoms with van der Waals surface area (Å²) in [7, 11) is 0. The largest absolute Gasteiger partial charge is 0.379 e. The number of rotatable bonds is 2. The lowest BCUT2D eigenvalue weighted by atomic mass is 10.0. The summed E-state index contributed by atoms with van der Waals surface area (Å²) in [5.74, 6) is 1.47. The van der Waals surface area contributed by atoms with Gasteiger partial charge in [0.15, 0.2) is 5.69 Å². The van der Waals surface area contributed by atoms with Gasteiger partial charge in [0, 0.05) is 32.2 Å². The Balaban J connectivity index is 1.69. The second kappa shape index (κ2) is 5.73. The van der Waals surface area contributed by atoms with Crippen molar-refractivity contribution in [2.45, 2.75) is 13.0 Å². The molecule has 0 N–H and O–H groups in total. The third kappa shape index (κ3) is 2.60. The van der Waals surface area contributed by atoms with E-state index in [1.165, 1.54) is 0 Å². The van der Waals surface area contributed by atoms with E-state index in [0.717, 1.165) is 45.2 Å². The van der Waals surface area contributed by atoms with Crippen LogP contribution in [0, 0.1) is 17.2 Å². The molecule has 2 aliphatic rings. The molecule has 3 heterocycles. The standard InChI is InChI=1S/C14H19N5O/c1-11-9-19(14-8-16-12(6-15)7-17-14)10-13(11)18-2-4-20-5-3-18/h7-8,11,13H,2-5,9-10H2,1H3. The molecule has 1 aromatic heterocycles. The smallest absolute Gasteiger partial charge is 0.158 e. The van der Waals surface area contributed by atoms with Crippen molar-refractivity contribution >= 4 is 5.82 Å². The van der Waals surface area contributed by atoms with Gasteiger partial charge in [0.25, 0.3) is 0 Å². The maximum absolute atomic E-state index is 8.76. The first-order valence-electron chi connectivity index (χ1n) is 7.07. The Bertz CT molecular complexity index is 491. The summed E-state index contributed by atoms with van der Waals surface area (Å²) in [5.41, 5.74) is 0.366. The molecule has 2 unspecified atom stereocenters. The lowest BCUT2D eigenvalue weighted by Gasteiger charge is -2.34. The Hall–Kier alpha value is -1.71. The van der Waals surface area contributed by atoms with Crippen LogP contribution in [0.4, 0.5) is 5.82 Å². The highest BCUT2D eigenvalue weighted by atomic mass is 16.5.